The topological polar surface area (TPSA) is 23.0 Å². The van der Waals surface area contributed by atoms with Crippen LogP contribution >= 0.6 is 11.3 Å². The van der Waals surface area contributed by atoms with Crippen LogP contribution in [0.3, 0.4) is 0 Å². The highest BCUT2D eigenvalue weighted by Crippen LogP contribution is 2.40. The van der Waals surface area contributed by atoms with Crippen LogP contribution in [0, 0.1) is 6.92 Å². The van der Waals surface area contributed by atoms with Gasteiger partial charge in [-0.15, -0.1) is 11.3 Å². The lowest BCUT2D eigenvalue weighted by Gasteiger charge is -2.10. The Kier molecular flexibility index (Phi) is 8.06. The van der Waals surface area contributed by atoms with Crippen LogP contribution in [0.5, 0.6) is 0 Å². The maximum Gasteiger partial charge on any atom is 0.158 e. The molecule has 3 nitrogen and oxygen atoms in total. The molecule has 0 saturated carbocycles. The third-order valence-corrected chi connectivity index (χ3v) is 11.7. The third-order valence-electron chi connectivity index (χ3n) is 10.6. The summed E-state index contributed by atoms with van der Waals surface area (Å²) < 4.78 is 12.4. The molecule has 0 saturated heterocycles. The van der Waals surface area contributed by atoms with E-state index in [1.54, 1.807) is 17.4 Å². The number of hydrogen-bond acceptors (Lipinski definition) is 2. The number of fused-ring (bicyclic) bond motifs is 7. The van der Waals surface area contributed by atoms with Crippen molar-refractivity contribution in [1.82, 2.24) is 9.13 Å². The number of para-hydroxylation sites is 2. The van der Waals surface area contributed by atoms with Crippen LogP contribution in [-0.4, -0.2) is 9.13 Å². The fourth-order valence-corrected chi connectivity index (χ4v) is 9.00. The van der Waals surface area contributed by atoms with Crippen LogP contribution < -0.4 is 10.6 Å². The van der Waals surface area contributed by atoms with Gasteiger partial charge in [0.05, 0.1) is 27.8 Å². The van der Waals surface area contributed by atoms with E-state index in [1.165, 1.54) is 48.2 Å². The summed E-state index contributed by atoms with van der Waals surface area (Å²) in [7, 11) is 0. The lowest BCUT2D eigenvalue weighted by atomic mass is 10.0. The van der Waals surface area contributed by atoms with Gasteiger partial charge < -0.3 is 13.6 Å². The molecule has 260 valence electrons. The number of rotatable bonds is 8. The first-order chi connectivity index (χ1) is 26.4. The Morgan fingerprint density at radius 1 is 0.704 bits per heavy atom. The fourth-order valence-electron chi connectivity index (χ4n) is 7.97. The lowest BCUT2D eigenvalue weighted by molar-refractivity contribution is 0.516. The van der Waals surface area contributed by atoms with Crippen LogP contribution in [-0.2, 0) is 0 Å². The zero-order valence-corrected chi connectivity index (χ0v) is 31.2. The predicted molar refractivity (Wildman–Crippen MR) is 236 cm³/mol. The number of aromatic nitrogens is 2. The van der Waals surface area contributed by atoms with E-state index in [-0.39, 0.29) is 0 Å². The maximum absolute atomic E-state index is 6.51. The van der Waals surface area contributed by atoms with Crippen LogP contribution in [0.15, 0.2) is 152 Å². The molecule has 0 N–H and O–H groups in total. The van der Waals surface area contributed by atoms with Crippen molar-refractivity contribution in [2.75, 3.05) is 0 Å². The molecule has 0 fully saturated rings. The largest absolute Gasteiger partial charge is 0.454 e. The van der Waals surface area contributed by atoms with E-state index in [0.717, 1.165) is 60.4 Å². The zero-order valence-electron chi connectivity index (χ0n) is 30.4. The van der Waals surface area contributed by atoms with Crippen molar-refractivity contribution >= 4 is 95.5 Å². The average Bonchev–Trinajstić information content (AvgIpc) is 3.93. The van der Waals surface area contributed by atoms with Crippen molar-refractivity contribution < 1.29 is 4.42 Å². The number of nitrogens with zero attached hydrogens (tertiary/aromatic N) is 2. The number of furan rings is 1. The molecule has 0 aliphatic rings. The monoisotopic (exact) mass is 714 g/mol. The Hall–Kier alpha value is -6.62. The zero-order chi connectivity index (χ0) is 37.1. The van der Waals surface area contributed by atoms with E-state index in [9.17, 15) is 0 Å². The van der Waals surface area contributed by atoms with Gasteiger partial charge in [-0.2, -0.15) is 0 Å². The second-order valence-corrected chi connectivity index (χ2v) is 14.6. The maximum atomic E-state index is 6.51. The molecular weight excluding hydrogens is 677 g/mol. The van der Waals surface area contributed by atoms with Gasteiger partial charge >= 0.3 is 0 Å². The molecular formula is C50H38N2OS. The van der Waals surface area contributed by atoms with Crippen molar-refractivity contribution in [1.29, 1.82) is 0 Å². The van der Waals surface area contributed by atoms with E-state index >= 15 is 0 Å². The molecule has 0 radical (unpaired) electrons. The Labute approximate surface area is 318 Å². The highest BCUT2D eigenvalue weighted by Gasteiger charge is 2.19. The van der Waals surface area contributed by atoms with E-state index in [2.05, 4.69) is 158 Å². The molecule has 0 spiro atoms. The summed E-state index contributed by atoms with van der Waals surface area (Å²) in [6.45, 7) is 20.5. The van der Waals surface area contributed by atoms with Crippen molar-refractivity contribution in [2.45, 2.75) is 13.8 Å². The van der Waals surface area contributed by atoms with Crippen molar-refractivity contribution in [2.24, 2.45) is 0 Å². The molecule has 0 amide bonds. The van der Waals surface area contributed by atoms with Crippen molar-refractivity contribution in [3.63, 3.8) is 0 Å². The second-order valence-electron chi connectivity index (χ2n) is 13.5. The molecule has 9 aromatic rings. The number of allylic oxidation sites excluding steroid dienone is 4. The summed E-state index contributed by atoms with van der Waals surface area (Å²) in [6.07, 6.45) is 13.6. The number of thiophene rings is 1. The molecule has 0 aliphatic heterocycles. The van der Waals surface area contributed by atoms with Gasteiger partial charge in [0.1, 0.15) is 5.76 Å². The van der Waals surface area contributed by atoms with Gasteiger partial charge in [-0.05, 0) is 97.3 Å². The van der Waals surface area contributed by atoms with Gasteiger partial charge in [0, 0.05) is 53.0 Å². The highest BCUT2D eigenvalue weighted by atomic mass is 32.1. The number of benzene rings is 5. The van der Waals surface area contributed by atoms with Gasteiger partial charge in [0.15, 0.2) is 5.42 Å². The lowest BCUT2D eigenvalue weighted by Crippen LogP contribution is -2.25. The van der Waals surface area contributed by atoms with Gasteiger partial charge in [0.25, 0.3) is 0 Å². The number of hydrogen-bond donors (Lipinski definition) is 0. The molecule has 0 unspecified atom stereocenters. The average molecular weight is 715 g/mol. The quantitative estimate of drug-likeness (QED) is 0.144. The Morgan fingerprint density at radius 2 is 1.35 bits per heavy atom. The molecule has 4 aromatic heterocycles. The fraction of sp³-hybridized carbons (Fsp3) is 0.0400. The first-order valence-corrected chi connectivity index (χ1v) is 18.9. The second kappa shape index (κ2) is 13.1. The van der Waals surface area contributed by atoms with Gasteiger partial charge in [-0.25, -0.2) is 0 Å². The molecule has 0 aliphatic carbocycles. The van der Waals surface area contributed by atoms with Gasteiger partial charge in [0.2, 0.25) is 0 Å². The Morgan fingerprint density at radius 3 is 2.06 bits per heavy atom. The van der Waals surface area contributed by atoms with E-state index in [4.69, 9.17) is 4.42 Å². The summed E-state index contributed by atoms with van der Waals surface area (Å²) in [5.74, 6) is 0.784. The molecule has 9 rings (SSSR count). The van der Waals surface area contributed by atoms with Crippen molar-refractivity contribution in [3.05, 3.63) is 180 Å². The highest BCUT2D eigenvalue weighted by molar-refractivity contribution is 7.20. The summed E-state index contributed by atoms with van der Waals surface area (Å²) >= 11 is 1.75. The smallest absolute Gasteiger partial charge is 0.158 e. The summed E-state index contributed by atoms with van der Waals surface area (Å²) in [6, 6.07) is 37.7. The van der Waals surface area contributed by atoms with Gasteiger partial charge in [-0.3, -0.25) is 0 Å². The standard InChI is InChI=1S/C50H38N2OS/c1-7-11-21-47-31(5)32(6)50(53-47)46(16-8-2)52-43-20-15-13-18-38(43)40-29-34(23-26-45(40)52)33-22-25-44-39(28-33)37-17-12-14-19-42(37)51(44)35-24-27-49-41(30-35)36(9-3)48(10-4)54-49/h7-30H,1,3-4,6H2,2,5H3/b16-8-,21-11-,50-46-. The minimum absolute atomic E-state index is 0.753. The van der Waals surface area contributed by atoms with Gasteiger partial charge in [-0.1, -0.05) is 105 Å². The first kappa shape index (κ1) is 33.2. The minimum atomic E-state index is 0.753. The van der Waals surface area contributed by atoms with E-state index in [1.807, 2.05) is 31.2 Å². The molecule has 0 bridgehead atoms. The molecule has 5 aromatic carbocycles. The van der Waals surface area contributed by atoms with Crippen molar-refractivity contribution in [3.8, 4) is 16.8 Å². The van der Waals surface area contributed by atoms with Crippen LogP contribution in [0.2, 0.25) is 0 Å². The Bertz CT molecular complexity index is 3210. The van der Waals surface area contributed by atoms with E-state index in [0.29, 0.717) is 0 Å². The summed E-state index contributed by atoms with van der Waals surface area (Å²) in [5.41, 5.74) is 11.9. The third kappa shape index (κ3) is 5.02. The molecule has 4 heterocycles. The van der Waals surface area contributed by atoms with Crippen LogP contribution in [0.4, 0.5) is 0 Å². The summed E-state index contributed by atoms with van der Waals surface area (Å²) in [4.78, 5) is 1.15. The Balaban J connectivity index is 1.24. The van der Waals surface area contributed by atoms with Crippen LogP contribution in [0.25, 0.3) is 101 Å². The predicted octanol–water partition coefficient (Wildman–Crippen LogP) is 12.8. The minimum Gasteiger partial charge on any atom is -0.454 e. The molecule has 0 atom stereocenters. The molecule has 54 heavy (non-hydrogen) atoms. The van der Waals surface area contributed by atoms with Crippen LogP contribution in [0.1, 0.15) is 28.7 Å². The summed E-state index contributed by atoms with van der Waals surface area (Å²) in [5, 5.41) is 6.86. The first-order valence-electron chi connectivity index (χ1n) is 18.1. The SMILES string of the molecule is C=C/C=C\c1o/c(=C(/C=C\C)n2c3ccccc3c3cc(-c4ccc5c(c4)c4ccccc4n5-c4ccc5sc(C=C)c(C=C)c5c4)ccc32)c(=C)c1C. The molecule has 4 heteroatoms. The normalized spacial score (nSPS) is 12.7. The van der Waals surface area contributed by atoms with E-state index < -0.39 is 0 Å².